The van der Waals surface area contributed by atoms with Gasteiger partial charge in [-0.2, -0.15) is 0 Å². The Morgan fingerprint density at radius 2 is 0.550 bits per heavy atom. The lowest BCUT2D eigenvalue weighted by atomic mass is 9.79. The second kappa shape index (κ2) is 43.9. The maximum absolute atomic E-state index is 13.4. The largest absolute Gasteiger partial charge is 0.493 e. The van der Waals surface area contributed by atoms with E-state index in [2.05, 4.69) is 0 Å². The second-order valence-electron chi connectivity index (χ2n) is 28.0. The van der Waals surface area contributed by atoms with Crippen molar-refractivity contribution in [1.82, 2.24) is 19.6 Å². The van der Waals surface area contributed by atoms with Crippen LogP contribution in [0.25, 0.3) is 0 Å². The fraction of sp³-hybridized carbons (Fsp3) is 0.708. The standard InChI is InChI=1S/4C24H38N2O4/c4*1-14(2)9-17-13-26-8-7-16-10-21(28-5)22(29-6)11-18(16)19(26)12-20(17)30-24(27)23(25)15(3)4/h4*10-11,14-15,17,19-20,23H,7-9,12-13,25H2,1-6H3/t4*17?,19?,20?,23-/m0000/s1/i2*1D3,5D3,7D2,8D2,9D2,12D2,13D2,14D,17D,19D,20D;2*1D3,7D2,8D2,9D2,12D2,13D2,14D,17D,19D,20D/t4*14?,17?,19?,20?,23-. The monoisotopic (exact) mass is 1750 g/mol. The lowest BCUT2D eigenvalue weighted by Crippen LogP contribution is -2.51. The summed E-state index contributed by atoms with van der Waals surface area (Å²) in [6.45, 7) is -35.9. The zero-order valence-corrected chi connectivity index (χ0v) is 68.9. The van der Waals surface area contributed by atoms with Gasteiger partial charge in [0.15, 0.2) is 46.0 Å². The molecular formula is C96H152N8O16. The third-order valence-electron chi connectivity index (χ3n) is 17.8. The van der Waals surface area contributed by atoms with Gasteiger partial charge >= 0.3 is 23.9 Å². The highest BCUT2D eigenvalue weighted by Crippen LogP contribution is 2.50. The van der Waals surface area contributed by atoms with E-state index in [1.807, 2.05) is 0 Å². The third-order valence-corrected chi connectivity index (χ3v) is 17.8. The minimum Gasteiger partial charge on any atom is -0.493 e. The summed E-state index contributed by atoms with van der Waals surface area (Å²) in [4.78, 5) is 51.7. The van der Waals surface area contributed by atoms with Crippen LogP contribution in [0.5, 0.6) is 46.0 Å². The third kappa shape index (κ3) is 23.8. The van der Waals surface area contributed by atoms with E-state index in [0.29, 0.717) is 52.0 Å². The molecule has 8 heterocycles. The maximum Gasteiger partial charge on any atom is 0.323 e. The SMILES string of the molecule is [2H]C([2H])([2H])C([2H])(C)C([2H])([2H])C1([2H])C([2H])([2H])N2C([2H])([2H])C([2H])([2H])c3cc(OC)c(OC)cc3C2([2H])C([2H])([2H])C1([2H])OC(=O)[C@@H](N)C(C)C.[2H]C([2H])([2H])C([2H])(C)C([2H])([2H])C1([2H])C([2H])([2H])N2C([2H])([2H])C([2H])([2H])c3cc(OC)c(OC)cc3C2([2H])C([2H])([2H])C1([2H])OC(=O)[C@@H](N)C(C)C.[2H]C([2H])([2H])Oc1cc2c(cc1OC)C1([2H])N(C([2H])([2H])C2([2H])[2H])C([2H])([2H])C([2H])(C([2H])([2H])C([2H])(C)C([2H])([2H])[2H])C([2H])(OC(=O)[C@@H](N)C(C)C)C1([2H])[2H].[2H]C([2H])([2H])Oc1cc2c(cc1OC)C1([2H])N(C([2H])([2H])C2([2H])[2H])C([2H])([2H])C([2H])(C([2H])([2H])C([2H])(C)C([2H])([2H])[2H])C([2H])(OC(=O)[C@@H](N)C(C)C)C1([2H])[2H]. The summed E-state index contributed by atoms with van der Waals surface area (Å²) < 4.78 is 710. The molecule has 24 nitrogen and oxygen atoms in total. The first-order valence-electron chi connectivity index (χ1n) is 73.7. The molecule has 0 radical (unpaired) electrons. The lowest BCUT2D eigenvalue weighted by Gasteiger charge is -2.47. The molecule has 4 aromatic rings. The van der Waals surface area contributed by atoms with Gasteiger partial charge in [-0.15, -0.1) is 0 Å². The fourth-order valence-electron chi connectivity index (χ4n) is 11.0. The zero-order chi connectivity index (χ0) is 154. The minimum atomic E-state index is -4.58. The molecule has 16 unspecified atom stereocenters. The topological polar surface area (TPSA) is 296 Å². The van der Waals surface area contributed by atoms with Crippen LogP contribution in [-0.4, -0.2) is 201 Å². The molecule has 24 heteroatoms. The summed E-state index contributed by atoms with van der Waals surface area (Å²) in [7, 11) is -0.0240. The van der Waals surface area contributed by atoms with Gasteiger partial charge in [0.05, 0.1) is 75.9 Å². The number of rotatable bonds is 28. The first-order chi connectivity index (χ1) is 85.1. The molecule has 0 saturated carbocycles. The van der Waals surface area contributed by atoms with Gasteiger partial charge in [-0.3, -0.25) is 38.8 Å². The van der Waals surface area contributed by atoms with E-state index in [-0.39, 0.29) is 23.0 Å². The summed E-state index contributed by atoms with van der Waals surface area (Å²) in [6.07, 6.45) is -65.9. The highest BCUT2D eigenvalue weighted by atomic mass is 16.6. The Morgan fingerprint density at radius 1 is 0.358 bits per heavy atom. The average molecular weight is 1750 g/mol. The number of hydrogen-bond acceptors (Lipinski definition) is 24. The maximum atomic E-state index is 13.4. The van der Waals surface area contributed by atoms with Crippen molar-refractivity contribution in [2.24, 2.45) is 93.8 Å². The number of carbonyl (C=O) groups excluding carboxylic acids is 4. The fourth-order valence-corrected chi connectivity index (χ4v) is 11.0. The van der Waals surface area contributed by atoms with Crippen LogP contribution in [-0.2, 0) is 63.6 Å². The normalized spacial score (nSPS) is 51.1. The molecule has 0 aromatic heterocycles. The molecule has 672 valence electrons. The number of aryl methyl sites for hydroxylation is 4. The van der Waals surface area contributed by atoms with Crippen LogP contribution in [0.4, 0.5) is 0 Å². The van der Waals surface area contributed by atoms with Gasteiger partial charge in [-0.25, -0.2) is 0 Å². The summed E-state index contributed by atoms with van der Waals surface area (Å²) >= 11 is 0. The van der Waals surface area contributed by atoms with Gasteiger partial charge in [-0.05, 0) is 191 Å². The first-order valence-corrected chi connectivity index (χ1v) is 36.7. The van der Waals surface area contributed by atoms with Crippen molar-refractivity contribution >= 4 is 23.9 Å². The van der Waals surface area contributed by atoms with Crippen LogP contribution in [0, 0.1) is 70.8 Å². The lowest BCUT2D eigenvalue weighted by molar-refractivity contribution is -0.161. The van der Waals surface area contributed by atoms with Crippen LogP contribution in [0.15, 0.2) is 48.5 Å². The number of carbonyl (C=O) groups is 4. The quantitative estimate of drug-likeness (QED) is 0.0303. The average Bonchev–Trinajstić information content (AvgIpc) is 0.635. The van der Waals surface area contributed by atoms with Crippen molar-refractivity contribution in [2.75, 3.05) is 109 Å². The van der Waals surface area contributed by atoms with E-state index in [4.69, 9.17) is 143 Å². The molecule has 8 N–H and O–H groups in total. The van der Waals surface area contributed by atoms with Crippen molar-refractivity contribution in [3.8, 4) is 46.0 Å². The highest BCUT2D eigenvalue weighted by Gasteiger charge is 2.47. The molecule has 20 atom stereocenters. The number of fused-ring (bicyclic) bond motifs is 12. The van der Waals surface area contributed by atoms with E-state index >= 15 is 0 Å². The van der Waals surface area contributed by atoms with E-state index in [9.17, 15) is 57.6 Å². The van der Waals surface area contributed by atoms with E-state index < -0.39 is 424 Å². The smallest absolute Gasteiger partial charge is 0.323 e. The summed E-state index contributed by atoms with van der Waals surface area (Å²) in [6, 6.07) is -16.4. The van der Waals surface area contributed by atoms with Gasteiger partial charge in [0, 0.05) is 207 Å². The van der Waals surface area contributed by atoms with Gasteiger partial charge < -0.3 is 79.8 Å². The molecule has 4 aromatic carbocycles. The molecule has 0 aliphatic carbocycles. The van der Waals surface area contributed by atoms with E-state index in [1.165, 1.54) is 55.4 Å². The number of methoxy groups -OCH3 is 8. The predicted octanol–water partition coefficient (Wildman–Crippen LogP) is 14.3. The van der Waals surface area contributed by atoms with Crippen molar-refractivity contribution in [3.63, 3.8) is 0 Å². The molecule has 8 aliphatic rings. The number of nitrogens with two attached hydrogens (primary N) is 4. The van der Waals surface area contributed by atoms with Crippen LogP contribution in [0.2, 0.25) is 0 Å². The van der Waals surface area contributed by atoms with Gasteiger partial charge in [0.25, 0.3) is 0 Å². The molecule has 4 fully saturated rings. The second-order valence-corrected chi connectivity index (χ2v) is 28.0. The Labute approximate surface area is 822 Å². The number of esters is 4. The Bertz CT molecular complexity index is 7230. The summed E-state index contributed by atoms with van der Waals surface area (Å²) in [5.74, 6) is -46.7. The number of benzene rings is 4. The first kappa shape index (κ1) is 37.2. The Morgan fingerprint density at radius 3 is 0.725 bits per heavy atom. The van der Waals surface area contributed by atoms with Crippen LogP contribution >= 0.6 is 0 Å². The van der Waals surface area contributed by atoms with Crippen LogP contribution in [0.3, 0.4) is 0 Å². The minimum absolute atomic E-state index is 0.220. The number of nitrogens with zero attached hydrogens (tertiary/aromatic N) is 4. The molecule has 4 saturated heterocycles. The summed E-state index contributed by atoms with van der Waals surface area (Å²) in [5, 5.41) is 0. The van der Waals surface area contributed by atoms with Gasteiger partial charge in [0.1, 0.15) is 48.5 Å². The predicted molar refractivity (Wildman–Crippen MR) is 471 cm³/mol. The van der Waals surface area contributed by atoms with E-state index in [0.717, 1.165) is 66.9 Å². The molecule has 0 bridgehead atoms. The van der Waals surface area contributed by atoms with Crippen LogP contribution < -0.4 is 60.8 Å². The molecule has 0 spiro atoms. The Balaban J connectivity index is 0.000000281. The number of hydrogen-bond donors (Lipinski definition) is 4. The molecular weight excluding hydrogens is 1520 g/mol. The van der Waals surface area contributed by atoms with Crippen molar-refractivity contribution in [3.05, 3.63) is 93.0 Å². The summed E-state index contributed by atoms with van der Waals surface area (Å²) in [5.41, 5.74) is 16.0. The molecule has 12 rings (SSSR count). The van der Waals surface area contributed by atoms with E-state index in [1.54, 1.807) is 0 Å². The molecule has 120 heavy (non-hydrogen) atoms. The highest BCUT2D eigenvalue weighted by molar-refractivity contribution is 5.77. The van der Waals surface area contributed by atoms with Crippen molar-refractivity contribution in [1.29, 1.82) is 0 Å². The zero-order valence-electron chi connectivity index (χ0n) is 143. The van der Waals surface area contributed by atoms with Crippen LogP contribution in [0.1, 0.15) is 331 Å². The number of piperidine rings is 4. The van der Waals surface area contributed by atoms with Gasteiger partial charge in [0.2, 0.25) is 0 Å². The Hall–Kier alpha value is -7.16. The van der Waals surface area contributed by atoms with Gasteiger partial charge in [-0.1, -0.05) is 110 Å². The number of ether oxygens (including phenoxy) is 12. The molecule has 0 amide bonds. The molecule has 8 aliphatic heterocycles. The Kier molecular flexibility index (Phi) is 13.6. The van der Waals surface area contributed by atoms with Crippen molar-refractivity contribution in [2.45, 2.75) is 260 Å². The van der Waals surface area contributed by atoms with Crippen molar-refractivity contribution < 1.29 is 177 Å².